The Bertz CT molecular complexity index is 477. The van der Waals surface area contributed by atoms with Crippen molar-refractivity contribution in [2.24, 2.45) is 0 Å². The highest BCUT2D eigenvalue weighted by Crippen LogP contribution is 2.27. The maximum Gasteiger partial charge on any atom is 0.122 e. The molecule has 1 aromatic rings. The fourth-order valence-corrected chi connectivity index (χ4v) is 2.59. The number of hydrogen-bond acceptors (Lipinski definition) is 3. The Kier molecular flexibility index (Phi) is 3.63. The van der Waals surface area contributed by atoms with Gasteiger partial charge in [-0.25, -0.2) is 0 Å². The SMILES string of the molecule is CCN(CCn1c(C)c(C)c(C#N)c1N)C1CC1. The van der Waals surface area contributed by atoms with Crippen molar-refractivity contribution < 1.29 is 0 Å². The van der Waals surface area contributed by atoms with Crippen LogP contribution in [0.3, 0.4) is 0 Å². The lowest BCUT2D eigenvalue weighted by Crippen LogP contribution is -2.29. The quantitative estimate of drug-likeness (QED) is 0.865. The number of nitrogens with two attached hydrogens (primary N) is 1. The number of hydrogen-bond donors (Lipinski definition) is 1. The highest BCUT2D eigenvalue weighted by molar-refractivity contribution is 5.57. The molecule has 4 heteroatoms. The maximum atomic E-state index is 9.11. The van der Waals surface area contributed by atoms with E-state index in [2.05, 4.69) is 22.5 Å². The molecule has 0 bridgehead atoms. The van der Waals surface area contributed by atoms with Crippen molar-refractivity contribution in [1.29, 1.82) is 5.26 Å². The van der Waals surface area contributed by atoms with Crippen molar-refractivity contribution >= 4 is 5.82 Å². The number of anilines is 1. The Hall–Kier alpha value is -1.47. The van der Waals surface area contributed by atoms with E-state index in [1.54, 1.807) is 0 Å². The van der Waals surface area contributed by atoms with Gasteiger partial charge in [0.15, 0.2) is 0 Å². The summed E-state index contributed by atoms with van der Waals surface area (Å²) in [5, 5.41) is 9.11. The van der Waals surface area contributed by atoms with Crippen LogP contribution in [0.25, 0.3) is 0 Å². The average molecular weight is 246 g/mol. The second kappa shape index (κ2) is 5.03. The normalized spacial score (nSPS) is 15.1. The maximum absolute atomic E-state index is 9.11. The van der Waals surface area contributed by atoms with Crippen LogP contribution in [0.1, 0.15) is 36.6 Å². The topological polar surface area (TPSA) is 58.0 Å². The fraction of sp³-hybridized carbons (Fsp3) is 0.643. The van der Waals surface area contributed by atoms with Gasteiger partial charge in [-0.3, -0.25) is 4.90 Å². The second-order valence-electron chi connectivity index (χ2n) is 5.09. The van der Waals surface area contributed by atoms with E-state index in [-0.39, 0.29) is 0 Å². The predicted molar refractivity (Wildman–Crippen MR) is 73.3 cm³/mol. The first-order valence-corrected chi connectivity index (χ1v) is 6.69. The number of rotatable bonds is 5. The van der Waals surface area contributed by atoms with Crippen LogP contribution >= 0.6 is 0 Å². The van der Waals surface area contributed by atoms with Gasteiger partial charge >= 0.3 is 0 Å². The zero-order valence-electron chi connectivity index (χ0n) is 11.5. The molecule has 1 aliphatic carbocycles. The Labute approximate surface area is 109 Å². The molecule has 2 rings (SSSR count). The van der Waals surface area contributed by atoms with Crippen molar-refractivity contribution in [3.63, 3.8) is 0 Å². The van der Waals surface area contributed by atoms with Crippen molar-refractivity contribution in [3.05, 3.63) is 16.8 Å². The smallest absolute Gasteiger partial charge is 0.122 e. The van der Waals surface area contributed by atoms with E-state index in [0.29, 0.717) is 11.4 Å². The number of nitrogen functional groups attached to an aromatic ring is 1. The minimum absolute atomic E-state index is 0.624. The van der Waals surface area contributed by atoms with Crippen LogP contribution in [0.15, 0.2) is 0 Å². The highest BCUT2D eigenvalue weighted by Gasteiger charge is 2.27. The summed E-state index contributed by atoms with van der Waals surface area (Å²) in [5.74, 6) is 0.624. The van der Waals surface area contributed by atoms with Crippen molar-refractivity contribution in [2.45, 2.75) is 46.2 Å². The molecule has 1 aliphatic rings. The summed E-state index contributed by atoms with van der Waals surface area (Å²) in [5.41, 5.74) is 8.84. The van der Waals surface area contributed by atoms with Gasteiger partial charge in [0.1, 0.15) is 11.9 Å². The molecule has 0 saturated heterocycles. The van der Waals surface area contributed by atoms with E-state index in [9.17, 15) is 0 Å². The van der Waals surface area contributed by atoms with Gasteiger partial charge in [-0.15, -0.1) is 0 Å². The molecule has 1 fully saturated rings. The molecule has 98 valence electrons. The van der Waals surface area contributed by atoms with Gasteiger partial charge in [0.05, 0.1) is 5.56 Å². The van der Waals surface area contributed by atoms with Crippen molar-refractivity contribution in [3.8, 4) is 6.07 Å². The summed E-state index contributed by atoms with van der Waals surface area (Å²) < 4.78 is 2.08. The Morgan fingerprint density at radius 1 is 1.44 bits per heavy atom. The van der Waals surface area contributed by atoms with Gasteiger partial charge in [0.2, 0.25) is 0 Å². The number of nitriles is 1. The largest absolute Gasteiger partial charge is 0.384 e. The molecule has 1 aromatic heterocycles. The van der Waals surface area contributed by atoms with Crippen LogP contribution in [0.4, 0.5) is 5.82 Å². The molecule has 4 nitrogen and oxygen atoms in total. The highest BCUT2D eigenvalue weighted by atomic mass is 15.2. The molecular formula is C14H22N4. The predicted octanol–water partition coefficient (Wildman–Crippen LogP) is 2.04. The first kappa shape index (κ1) is 13.0. The van der Waals surface area contributed by atoms with Gasteiger partial charge in [-0.05, 0) is 38.8 Å². The second-order valence-corrected chi connectivity index (χ2v) is 5.09. The van der Waals surface area contributed by atoms with E-state index >= 15 is 0 Å². The lowest BCUT2D eigenvalue weighted by Gasteiger charge is -2.21. The van der Waals surface area contributed by atoms with E-state index in [4.69, 9.17) is 11.0 Å². The van der Waals surface area contributed by atoms with Gasteiger partial charge in [0.25, 0.3) is 0 Å². The zero-order valence-corrected chi connectivity index (χ0v) is 11.5. The molecule has 0 aliphatic heterocycles. The van der Waals surface area contributed by atoms with Gasteiger partial charge in [-0.2, -0.15) is 5.26 Å². The van der Waals surface area contributed by atoms with Crippen LogP contribution in [0.5, 0.6) is 0 Å². The molecule has 1 saturated carbocycles. The molecule has 0 amide bonds. The van der Waals surface area contributed by atoms with E-state index in [0.717, 1.165) is 36.9 Å². The average Bonchev–Trinajstić information content (AvgIpc) is 3.15. The van der Waals surface area contributed by atoms with Crippen LogP contribution in [0, 0.1) is 25.2 Å². The number of aromatic nitrogens is 1. The lowest BCUT2D eigenvalue weighted by molar-refractivity contribution is 0.266. The molecule has 0 atom stereocenters. The minimum atomic E-state index is 0.624. The monoisotopic (exact) mass is 246 g/mol. The molecule has 0 radical (unpaired) electrons. The lowest BCUT2D eigenvalue weighted by atomic mass is 10.2. The van der Waals surface area contributed by atoms with Crippen LogP contribution in [-0.4, -0.2) is 28.6 Å². The molecule has 18 heavy (non-hydrogen) atoms. The zero-order chi connectivity index (χ0) is 13.3. The molecule has 0 aromatic carbocycles. The van der Waals surface area contributed by atoms with E-state index < -0.39 is 0 Å². The third-order valence-electron chi connectivity index (χ3n) is 4.06. The summed E-state index contributed by atoms with van der Waals surface area (Å²) >= 11 is 0. The van der Waals surface area contributed by atoms with Gasteiger partial charge < -0.3 is 10.3 Å². The minimum Gasteiger partial charge on any atom is -0.384 e. The van der Waals surface area contributed by atoms with Crippen LogP contribution < -0.4 is 5.73 Å². The Morgan fingerprint density at radius 2 is 2.11 bits per heavy atom. The first-order valence-electron chi connectivity index (χ1n) is 6.69. The van der Waals surface area contributed by atoms with Gasteiger partial charge in [-0.1, -0.05) is 6.92 Å². The number of nitrogens with zero attached hydrogens (tertiary/aromatic N) is 3. The summed E-state index contributed by atoms with van der Waals surface area (Å²) in [6, 6.07) is 2.98. The van der Waals surface area contributed by atoms with Crippen molar-refractivity contribution in [1.82, 2.24) is 9.47 Å². The first-order chi connectivity index (χ1) is 8.60. The van der Waals surface area contributed by atoms with Crippen molar-refractivity contribution in [2.75, 3.05) is 18.8 Å². The summed E-state index contributed by atoms with van der Waals surface area (Å²) in [7, 11) is 0. The molecule has 0 unspecified atom stereocenters. The van der Waals surface area contributed by atoms with Crippen LogP contribution in [-0.2, 0) is 6.54 Å². The summed E-state index contributed by atoms with van der Waals surface area (Å²) in [4.78, 5) is 2.50. The van der Waals surface area contributed by atoms with Crippen LogP contribution in [0.2, 0.25) is 0 Å². The molecule has 0 spiro atoms. The Morgan fingerprint density at radius 3 is 2.56 bits per heavy atom. The summed E-state index contributed by atoms with van der Waals surface area (Å²) in [6.07, 6.45) is 2.66. The Balaban J connectivity index is 2.12. The standard InChI is InChI=1S/C14H22N4/c1-4-17(12-5-6-12)7-8-18-11(3)10(2)13(9-15)14(18)16/h12H,4-8,16H2,1-3H3. The number of likely N-dealkylation sites (N-methyl/N-ethyl adjacent to an activating group) is 1. The van der Waals surface area contributed by atoms with E-state index in [1.165, 1.54) is 12.8 Å². The molecule has 1 heterocycles. The fourth-order valence-electron chi connectivity index (χ4n) is 2.59. The third-order valence-corrected chi connectivity index (χ3v) is 4.06. The van der Waals surface area contributed by atoms with Gasteiger partial charge in [0, 0.05) is 24.8 Å². The summed E-state index contributed by atoms with van der Waals surface area (Å²) in [6.45, 7) is 9.21. The molecular weight excluding hydrogens is 224 g/mol. The molecule has 2 N–H and O–H groups in total. The third kappa shape index (κ3) is 2.23. The van der Waals surface area contributed by atoms with E-state index in [1.807, 2.05) is 13.8 Å².